The summed E-state index contributed by atoms with van der Waals surface area (Å²) in [5.74, 6) is -0.448. The van der Waals surface area contributed by atoms with E-state index in [1.54, 1.807) is 6.92 Å². The van der Waals surface area contributed by atoms with E-state index >= 15 is 0 Å². The number of carbonyl (C=O) groups excluding carboxylic acids is 1. The second-order valence-corrected chi connectivity index (χ2v) is 7.84. The highest BCUT2D eigenvalue weighted by Gasteiger charge is 2.32. The van der Waals surface area contributed by atoms with Crippen molar-refractivity contribution in [3.8, 4) is 0 Å². The maximum Gasteiger partial charge on any atom is 0.310 e. The SMILES string of the molecule is CCOC(=O)C1CCCN(c2c(NCCCN3CCN(C)CC3)c(=O)c2=O)C1. The minimum atomic E-state index is -0.439. The molecule has 8 heteroatoms. The van der Waals surface area contributed by atoms with Crippen molar-refractivity contribution in [2.75, 3.05) is 76.2 Å². The minimum absolute atomic E-state index is 0.215. The van der Waals surface area contributed by atoms with E-state index in [4.69, 9.17) is 4.74 Å². The van der Waals surface area contributed by atoms with Crippen molar-refractivity contribution in [3.63, 3.8) is 0 Å². The number of hydrogen-bond acceptors (Lipinski definition) is 8. The molecule has 0 bridgehead atoms. The van der Waals surface area contributed by atoms with Crippen LogP contribution in [0.3, 0.4) is 0 Å². The summed E-state index contributed by atoms with van der Waals surface area (Å²) in [5.41, 5.74) is 0.00501. The Labute approximate surface area is 166 Å². The second kappa shape index (κ2) is 9.52. The van der Waals surface area contributed by atoms with Crippen molar-refractivity contribution in [1.29, 1.82) is 0 Å². The number of piperidine rings is 1. The smallest absolute Gasteiger partial charge is 0.310 e. The standard InChI is InChI=1S/C20H32N4O4/c1-3-28-20(27)15-6-4-9-24(14-15)17-16(18(25)19(17)26)21-7-5-8-23-12-10-22(2)11-13-23/h15,21H,3-14H2,1-2H3. The van der Waals surface area contributed by atoms with Gasteiger partial charge in [0.25, 0.3) is 10.9 Å². The Hall–Kier alpha value is -1.93. The molecule has 8 nitrogen and oxygen atoms in total. The summed E-state index contributed by atoms with van der Waals surface area (Å²) in [6.45, 7) is 9.26. The van der Waals surface area contributed by atoms with Crippen LogP contribution in [0.15, 0.2) is 9.59 Å². The van der Waals surface area contributed by atoms with E-state index < -0.39 is 10.9 Å². The summed E-state index contributed by atoms with van der Waals surface area (Å²) in [7, 11) is 2.14. The topological polar surface area (TPSA) is 82.2 Å². The number of carbonyl (C=O) groups is 1. The zero-order valence-corrected chi connectivity index (χ0v) is 17.0. The van der Waals surface area contributed by atoms with Gasteiger partial charge in [-0.2, -0.15) is 0 Å². The zero-order chi connectivity index (χ0) is 20.1. The van der Waals surface area contributed by atoms with Crippen LogP contribution >= 0.6 is 0 Å². The van der Waals surface area contributed by atoms with Crippen LogP contribution in [0.1, 0.15) is 26.2 Å². The Morgan fingerprint density at radius 3 is 2.61 bits per heavy atom. The Morgan fingerprint density at radius 1 is 1.14 bits per heavy atom. The van der Waals surface area contributed by atoms with Crippen molar-refractivity contribution in [1.82, 2.24) is 9.80 Å². The highest BCUT2D eigenvalue weighted by atomic mass is 16.5. The fourth-order valence-corrected chi connectivity index (χ4v) is 4.07. The zero-order valence-electron chi connectivity index (χ0n) is 17.0. The fourth-order valence-electron chi connectivity index (χ4n) is 4.07. The predicted octanol–water partition coefficient (Wildman–Crippen LogP) is 0.112. The van der Waals surface area contributed by atoms with Gasteiger partial charge in [-0.15, -0.1) is 0 Å². The van der Waals surface area contributed by atoms with E-state index in [0.717, 1.165) is 52.0 Å². The lowest BCUT2D eigenvalue weighted by molar-refractivity contribution is -0.148. The van der Waals surface area contributed by atoms with Gasteiger partial charge < -0.3 is 24.8 Å². The van der Waals surface area contributed by atoms with Gasteiger partial charge in [-0.3, -0.25) is 14.4 Å². The first-order valence-electron chi connectivity index (χ1n) is 10.4. The maximum atomic E-state index is 12.2. The van der Waals surface area contributed by atoms with Gasteiger partial charge in [-0.05, 0) is 39.8 Å². The molecule has 1 atom stereocenters. The van der Waals surface area contributed by atoms with Crippen LogP contribution in [0.4, 0.5) is 11.4 Å². The Kier molecular flexibility index (Phi) is 7.07. The molecule has 0 aromatic heterocycles. The average Bonchev–Trinajstić information content (AvgIpc) is 2.71. The van der Waals surface area contributed by atoms with Gasteiger partial charge in [-0.25, -0.2) is 0 Å². The minimum Gasteiger partial charge on any atom is -0.466 e. The molecule has 2 fully saturated rings. The summed E-state index contributed by atoms with van der Waals surface area (Å²) < 4.78 is 5.12. The molecule has 0 radical (unpaired) electrons. The van der Waals surface area contributed by atoms with Crippen LogP contribution in [0.25, 0.3) is 0 Å². The lowest BCUT2D eigenvalue weighted by Gasteiger charge is -2.34. The van der Waals surface area contributed by atoms with Gasteiger partial charge in [0.2, 0.25) is 0 Å². The van der Waals surface area contributed by atoms with E-state index in [1.807, 2.05) is 4.90 Å². The van der Waals surface area contributed by atoms with Crippen molar-refractivity contribution < 1.29 is 9.53 Å². The average molecular weight is 393 g/mol. The molecule has 0 spiro atoms. The first kappa shape index (κ1) is 20.8. The summed E-state index contributed by atoms with van der Waals surface area (Å²) in [4.78, 5) is 42.9. The molecule has 2 heterocycles. The van der Waals surface area contributed by atoms with Crippen molar-refractivity contribution in [3.05, 3.63) is 20.4 Å². The molecule has 2 aliphatic rings. The molecule has 2 aliphatic heterocycles. The van der Waals surface area contributed by atoms with E-state index in [9.17, 15) is 14.4 Å². The lowest BCUT2D eigenvalue weighted by Crippen LogP contribution is -2.48. The molecule has 3 rings (SSSR count). The van der Waals surface area contributed by atoms with Crippen molar-refractivity contribution in [2.45, 2.75) is 26.2 Å². The summed E-state index contributed by atoms with van der Waals surface area (Å²) >= 11 is 0. The summed E-state index contributed by atoms with van der Waals surface area (Å²) in [5, 5.41) is 3.18. The third-order valence-corrected chi connectivity index (χ3v) is 5.79. The molecule has 2 saturated heterocycles. The molecule has 1 aromatic rings. The van der Waals surface area contributed by atoms with E-state index in [1.165, 1.54) is 0 Å². The highest BCUT2D eigenvalue weighted by Crippen LogP contribution is 2.27. The first-order chi connectivity index (χ1) is 13.5. The van der Waals surface area contributed by atoms with Crippen molar-refractivity contribution in [2.24, 2.45) is 5.92 Å². The molecule has 1 unspecified atom stereocenters. The third kappa shape index (κ3) is 4.72. The number of piperazine rings is 1. The maximum absolute atomic E-state index is 12.2. The number of esters is 1. The monoisotopic (exact) mass is 392 g/mol. The summed E-state index contributed by atoms with van der Waals surface area (Å²) in [6, 6.07) is 0. The number of hydrogen-bond donors (Lipinski definition) is 1. The Balaban J connectivity index is 1.51. The Bertz CT molecular complexity index is 735. The molecule has 156 valence electrons. The van der Waals surface area contributed by atoms with Crippen LogP contribution < -0.4 is 21.1 Å². The van der Waals surface area contributed by atoms with Crippen molar-refractivity contribution >= 4 is 17.3 Å². The second-order valence-electron chi connectivity index (χ2n) is 7.84. The molecule has 0 amide bonds. The van der Waals surface area contributed by atoms with Gasteiger partial charge in [0.15, 0.2) is 0 Å². The number of ether oxygens (including phenoxy) is 1. The lowest BCUT2D eigenvalue weighted by atomic mass is 9.96. The third-order valence-electron chi connectivity index (χ3n) is 5.79. The summed E-state index contributed by atoms with van der Waals surface area (Å²) in [6.07, 6.45) is 2.50. The van der Waals surface area contributed by atoms with Crippen LogP contribution in [0.2, 0.25) is 0 Å². The van der Waals surface area contributed by atoms with Gasteiger partial charge in [-0.1, -0.05) is 0 Å². The number of likely N-dealkylation sites (N-methyl/N-ethyl adjacent to an activating group) is 1. The predicted molar refractivity (Wildman–Crippen MR) is 110 cm³/mol. The number of nitrogens with zero attached hydrogens (tertiary/aromatic N) is 3. The first-order valence-corrected chi connectivity index (χ1v) is 10.4. The van der Waals surface area contributed by atoms with Crippen LogP contribution in [-0.4, -0.2) is 81.8 Å². The molecule has 1 aromatic carbocycles. The molecule has 0 aliphatic carbocycles. The van der Waals surface area contributed by atoms with Crippen LogP contribution in [0, 0.1) is 5.92 Å². The van der Waals surface area contributed by atoms with Crippen LogP contribution in [-0.2, 0) is 9.53 Å². The molecule has 28 heavy (non-hydrogen) atoms. The quantitative estimate of drug-likeness (QED) is 0.379. The largest absolute Gasteiger partial charge is 0.466 e. The molecular formula is C20H32N4O4. The molecule has 0 saturated carbocycles. The van der Waals surface area contributed by atoms with Gasteiger partial charge in [0, 0.05) is 45.8 Å². The number of anilines is 2. The number of nitrogens with one attached hydrogen (secondary N) is 1. The van der Waals surface area contributed by atoms with Crippen LogP contribution in [0.5, 0.6) is 0 Å². The van der Waals surface area contributed by atoms with E-state index in [-0.39, 0.29) is 11.9 Å². The van der Waals surface area contributed by atoms with Gasteiger partial charge in [0.05, 0.1) is 12.5 Å². The van der Waals surface area contributed by atoms with E-state index in [0.29, 0.717) is 37.6 Å². The van der Waals surface area contributed by atoms with E-state index in [2.05, 4.69) is 22.2 Å². The molecule has 1 N–H and O–H groups in total. The normalized spacial score (nSPS) is 21.8. The number of rotatable bonds is 8. The Morgan fingerprint density at radius 2 is 1.89 bits per heavy atom. The molecular weight excluding hydrogens is 360 g/mol. The van der Waals surface area contributed by atoms with Gasteiger partial charge >= 0.3 is 5.97 Å². The highest BCUT2D eigenvalue weighted by molar-refractivity contribution is 5.78. The fraction of sp³-hybridized carbons (Fsp3) is 0.750. The van der Waals surface area contributed by atoms with Gasteiger partial charge in [0.1, 0.15) is 11.4 Å².